The molecule has 6 nitrogen and oxygen atoms in total. The molecule has 0 spiro atoms. The summed E-state index contributed by atoms with van der Waals surface area (Å²) in [7, 11) is 0. The fourth-order valence-electron chi connectivity index (χ4n) is 4.21. The van der Waals surface area contributed by atoms with E-state index in [1.54, 1.807) is 37.3 Å². The molecular formula is C28H26Cl2FNO5. The summed E-state index contributed by atoms with van der Waals surface area (Å²) in [6.45, 7) is 1.73. The molecule has 3 N–H and O–H groups in total. The first-order valence-electron chi connectivity index (χ1n) is 11.6. The van der Waals surface area contributed by atoms with Gasteiger partial charge in [-0.25, -0.2) is 4.39 Å². The summed E-state index contributed by atoms with van der Waals surface area (Å²) < 4.78 is 15.2. The molecule has 9 heteroatoms. The van der Waals surface area contributed by atoms with Crippen LogP contribution in [-0.2, 0) is 20.8 Å². The van der Waals surface area contributed by atoms with Crippen LogP contribution in [0.25, 0.3) is 11.1 Å². The Morgan fingerprint density at radius 3 is 2.22 bits per heavy atom. The van der Waals surface area contributed by atoms with Crippen molar-refractivity contribution in [2.24, 2.45) is 5.92 Å². The number of halogens is 3. The number of carbonyl (C=O) groups is 3. The van der Waals surface area contributed by atoms with Gasteiger partial charge in [-0.15, -0.1) is 0 Å². The quantitative estimate of drug-likeness (QED) is 0.266. The van der Waals surface area contributed by atoms with Gasteiger partial charge in [0.2, 0.25) is 5.91 Å². The third kappa shape index (κ3) is 7.78. The van der Waals surface area contributed by atoms with Crippen LogP contribution >= 0.6 is 23.2 Å². The molecule has 0 bridgehead atoms. The number of carbonyl (C=O) groups excluding carboxylic acids is 1. The van der Waals surface area contributed by atoms with Gasteiger partial charge in [-0.05, 0) is 48.2 Å². The largest absolute Gasteiger partial charge is 0.481 e. The van der Waals surface area contributed by atoms with Gasteiger partial charge in [0.1, 0.15) is 5.82 Å². The molecule has 0 heterocycles. The van der Waals surface area contributed by atoms with Crippen LogP contribution < -0.4 is 5.32 Å². The molecule has 0 aromatic heterocycles. The van der Waals surface area contributed by atoms with Crippen molar-refractivity contribution < 1.29 is 29.0 Å². The molecule has 0 radical (unpaired) electrons. The molecule has 3 rings (SSSR count). The van der Waals surface area contributed by atoms with E-state index in [1.165, 1.54) is 6.07 Å². The predicted octanol–water partition coefficient (Wildman–Crippen LogP) is 6.20. The monoisotopic (exact) mass is 545 g/mol. The van der Waals surface area contributed by atoms with Crippen molar-refractivity contribution in [3.8, 4) is 11.1 Å². The van der Waals surface area contributed by atoms with E-state index in [-0.39, 0.29) is 0 Å². The number of amides is 1. The summed E-state index contributed by atoms with van der Waals surface area (Å²) in [5.74, 6) is -5.48. The number of nitrogens with one attached hydrogen (secondary N) is 1. The standard InChI is InChI=1S/C28H26Cl2FNO5/c1-16(32-26(33)14-20(28(36)37)15-27(34)35)22(11-17-7-10-23(29)24(30)12-17)19-8-9-21(25(31)13-19)18-5-3-2-4-6-18/h2-10,12-13,16,20,22H,11,14-15H2,1H3,(H,32,33)(H,34,35)(H,36,37)/t16-,20?,22+/m0/s1. The van der Waals surface area contributed by atoms with E-state index in [4.69, 9.17) is 28.3 Å². The van der Waals surface area contributed by atoms with E-state index in [1.807, 2.05) is 30.3 Å². The lowest BCUT2D eigenvalue weighted by Gasteiger charge is -2.27. The van der Waals surface area contributed by atoms with E-state index in [9.17, 15) is 19.5 Å². The molecule has 37 heavy (non-hydrogen) atoms. The Balaban J connectivity index is 1.89. The number of aliphatic carboxylic acids is 2. The lowest BCUT2D eigenvalue weighted by atomic mass is 9.85. The lowest BCUT2D eigenvalue weighted by molar-refractivity contribution is -0.149. The Kier molecular flexibility index (Phi) is 9.66. The molecule has 194 valence electrons. The van der Waals surface area contributed by atoms with E-state index in [0.29, 0.717) is 27.6 Å². The van der Waals surface area contributed by atoms with Crippen molar-refractivity contribution in [3.05, 3.63) is 93.7 Å². The van der Waals surface area contributed by atoms with Gasteiger partial charge in [-0.2, -0.15) is 0 Å². The zero-order chi connectivity index (χ0) is 27.1. The van der Waals surface area contributed by atoms with Gasteiger partial charge >= 0.3 is 11.9 Å². The van der Waals surface area contributed by atoms with Gasteiger partial charge in [0.05, 0.1) is 22.4 Å². The number of hydrogen-bond acceptors (Lipinski definition) is 3. The first-order valence-corrected chi connectivity index (χ1v) is 12.3. The van der Waals surface area contributed by atoms with E-state index in [2.05, 4.69) is 5.32 Å². The minimum absolute atomic E-state index is 0.359. The molecule has 1 amide bonds. The van der Waals surface area contributed by atoms with Crippen molar-refractivity contribution in [1.29, 1.82) is 0 Å². The Bertz CT molecular complexity index is 1280. The van der Waals surface area contributed by atoms with Crippen LogP contribution in [0.15, 0.2) is 66.7 Å². The van der Waals surface area contributed by atoms with Crippen LogP contribution in [-0.4, -0.2) is 34.1 Å². The molecular weight excluding hydrogens is 520 g/mol. The Hall–Kier alpha value is -3.42. The zero-order valence-corrected chi connectivity index (χ0v) is 21.5. The fourth-order valence-corrected chi connectivity index (χ4v) is 4.53. The van der Waals surface area contributed by atoms with E-state index >= 15 is 4.39 Å². The van der Waals surface area contributed by atoms with Gasteiger partial charge in [-0.3, -0.25) is 14.4 Å². The van der Waals surface area contributed by atoms with Crippen LogP contribution in [0.5, 0.6) is 0 Å². The SMILES string of the molecule is C[C@H](NC(=O)CC(CC(=O)O)C(=O)O)[C@@H](Cc1ccc(Cl)c(Cl)c1)c1ccc(-c2ccccc2)c(F)c1. The molecule has 3 atom stereocenters. The first kappa shape index (κ1) is 28.2. The van der Waals surface area contributed by atoms with Gasteiger partial charge in [0, 0.05) is 23.9 Å². The summed E-state index contributed by atoms with van der Waals surface area (Å²) >= 11 is 12.2. The van der Waals surface area contributed by atoms with Crippen molar-refractivity contribution in [3.63, 3.8) is 0 Å². The molecule has 0 aliphatic carbocycles. The second-order valence-corrected chi connectivity index (χ2v) is 9.67. The summed E-state index contributed by atoms with van der Waals surface area (Å²) in [6.07, 6.45) is -0.789. The highest BCUT2D eigenvalue weighted by molar-refractivity contribution is 6.42. The highest BCUT2D eigenvalue weighted by Crippen LogP contribution is 2.32. The average Bonchev–Trinajstić information content (AvgIpc) is 2.84. The van der Waals surface area contributed by atoms with Crippen molar-refractivity contribution in [2.45, 2.75) is 38.1 Å². The number of carboxylic acid groups (broad SMARTS) is 2. The number of hydrogen-bond donors (Lipinski definition) is 3. The van der Waals surface area contributed by atoms with E-state index < -0.39 is 54.4 Å². The van der Waals surface area contributed by atoms with Gasteiger partial charge in [0.25, 0.3) is 0 Å². The highest BCUT2D eigenvalue weighted by atomic mass is 35.5. The number of rotatable bonds is 11. The van der Waals surface area contributed by atoms with Crippen molar-refractivity contribution in [1.82, 2.24) is 5.32 Å². The highest BCUT2D eigenvalue weighted by Gasteiger charge is 2.27. The second-order valence-electron chi connectivity index (χ2n) is 8.86. The summed E-state index contributed by atoms with van der Waals surface area (Å²) in [5, 5.41) is 21.7. The van der Waals surface area contributed by atoms with Crippen LogP contribution in [0.4, 0.5) is 4.39 Å². The normalized spacial score (nSPS) is 13.4. The molecule has 0 aliphatic rings. The molecule has 0 fully saturated rings. The maximum atomic E-state index is 15.2. The topological polar surface area (TPSA) is 104 Å². The Labute approximate surface area is 224 Å². The number of carboxylic acids is 2. The lowest BCUT2D eigenvalue weighted by Crippen LogP contribution is -2.39. The molecule has 0 saturated carbocycles. The Morgan fingerprint density at radius 2 is 1.62 bits per heavy atom. The maximum absolute atomic E-state index is 15.2. The summed E-state index contributed by atoms with van der Waals surface area (Å²) in [5.41, 5.74) is 2.60. The van der Waals surface area contributed by atoms with Crippen LogP contribution in [0.3, 0.4) is 0 Å². The minimum Gasteiger partial charge on any atom is -0.481 e. The molecule has 3 aromatic rings. The Morgan fingerprint density at radius 1 is 0.919 bits per heavy atom. The maximum Gasteiger partial charge on any atom is 0.307 e. The molecule has 0 aliphatic heterocycles. The second kappa shape index (κ2) is 12.7. The van der Waals surface area contributed by atoms with Crippen LogP contribution in [0.2, 0.25) is 10.0 Å². The van der Waals surface area contributed by atoms with E-state index in [0.717, 1.165) is 11.1 Å². The van der Waals surface area contributed by atoms with Crippen LogP contribution in [0, 0.1) is 11.7 Å². The van der Waals surface area contributed by atoms with Crippen molar-refractivity contribution >= 4 is 41.0 Å². The van der Waals surface area contributed by atoms with Gasteiger partial charge < -0.3 is 15.5 Å². The third-order valence-corrected chi connectivity index (χ3v) is 6.88. The van der Waals surface area contributed by atoms with Gasteiger partial charge in [-0.1, -0.05) is 71.7 Å². The summed E-state index contributed by atoms with van der Waals surface area (Å²) in [6, 6.07) is 18.6. The number of benzene rings is 3. The predicted molar refractivity (Wildman–Crippen MR) is 140 cm³/mol. The minimum atomic E-state index is -1.36. The smallest absolute Gasteiger partial charge is 0.307 e. The third-order valence-electron chi connectivity index (χ3n) is 6.14. The summed E-state index contributed by atoms with van der Waals surface area (Å²) in [4.78, 5) is 35.0. The fraction of sp³-hybridized carbons (Fsp3) is 0.250. The molecule has 1 unspecified atom stereocenters. The molecule has 0 saturated heterocycles. The van der Waals surface area contributed by atoms with Crippen molar-refractivity contribution in [2.75, 3.05) is 0 Å². The van der Waals surface area contributed by atoms with Gasteiger partial charge in [0.15, 0.2) is 0 Å². The van der Waals surface area contributed by atoms with Crippen LogP contribution in [0.1, 0.15) is 36.8 Å². The zero-order valence-electron chi connectivity index (χ0n) is 20.0. The molecule has 3 aromatic carbocycles. The average molecular weight is 546 g/mol. The first-order chi connectivity index (χ1) is 17.5.